The molecule has 1 fully saturated rings. The number of nitrogens with zero attached hydrogens (tertiary/aromatic N) is 1. The summed E-state index contributed by atoms with van der Waals surface area (Å²) in [6.07, 6.45) is -0.436. The van der Waals surface area contributed by atoms with E-state index in [2.05, 4.69) is 5.32 Å². The van der Waals surface area contributed by atoms with Gasteiger partial charge in [-0.3, -0.25) is 9.59 Å². The monoisotopic (exact) mass is 402 g/mol. The predicted molar refractivity (Wildman–Crippen MR) is 105 cm³/mol. The predicted octanol–water partition coefficient (Wildman–Crippen LogP) is 4.60. The Morgan fingerprint density at radius 1 is 1.07 bits per heavy atom. The van der Waals surface area contributed by atoms with E-state index in [0.717, 1.165) is 12.1 Å². The van der Waals surface area contributed by atoms with Gasteiger partial charge in [-0.25, -0.2) is 0 Å². The van der Waals surface area contributed by atoms with Crippen LogP contribution in [0.5, 0.6) is 0 Å². The summed E-state index contributed by atoms with van der Waals surface area (Å²) in [6.45, 7) is 0.797. The number of benzene rings is 2. The third-order valence-electron chi connectivity index (χ3n) is 4.78. The number of halogens is 3. The highest BCUT2D eigenvalue weighted by atomic mass is 19.4. The molecule has 7 heteroatoms. The molecule has 1 N–H and O–H groups in total. The Kier molecular flexibility index (Phi) is 6.36. The zero-order valence-electron chi connectivity index (χ0n) is 15.7. The highest BCUT2D eigenvalue weighted by Crippen LogP contribution is 2.29. The van der Waals surface area contributed by atoms with Crippen LogP contribution in [-0.2, 0) is 15.8 Å². The SMILES string of the molecule is O=C(Nc1ccccc1)C1CCCN(C(=O)/C=C/c2cccc(C(F)(F)F)c2)C1. The van der Waals surface area contributed by atoms with Crippen LogP contribution < -0.4 is 5.32 Å². The van der Waals surface area contributed by atoms with E-state index in [1.54, 1.807) is 17.0 Å². The van der Waals surface area contributed by atoms with Crippen LogP contribution in [0.25, 0.3) is 6.08 Å². The number of hydrogen-bond acceptors (Lipinski definition) is 2. The second-order valence-electron chi connectivity index (χ2n) is 6.94. The van der Waals surface area contributed by atoms with Crippen molar-refractivity contribution in [3.63, 3.8) is 0 Å². The Bertz CT molecular complexity index is 894. The molecule has 2 aromatic rings. The van der Waals surface area contributed by atoms with Crippen LogP contribution in [0.3, 0.4) is 0 Å². The Morgan fingerprint density at radius 2 is 1.83 bits per heavy atom. The molecule has 29 heavy (non-hydrogen) atoms. The van der Waals surface area contributed by atoms with E-state index >= 15 is 0 Å². The highest BCUT2D eigenvalue weighted by Gasteiger charge is 2.30. The van der Waals surface area contributed by atoms with Crippen molar-refractivity contribution in [2.75, 3.05) is 18.4 Å². The van der Waals surface area contributed by atoms with Crippen LogP contribution in [-0.4, -0.2) is 29.8 Å². The van der Waals surface area contributed by atoms with Crippen molar-refractivity contribution in [3.05, 3.63) is 71.8 Å². The number of para-hydroxylation sites is 1. The smallest absolute Gasteiger partial charge is 0.338 e. The first kappa shape index (κ1) is 20.6. The Labute approximate surface area is 167 Å². The molecular weight excluding hydrogens is 381 g/mol. The fourth-order valence-electron chi connectivity index (χ4n) is 3.25. The first-order chi connectivity index (χ1) is 13.8. The average molecular weight is 402 g/mol. The fourth-order valence-corrected chi connectivity index (χ4v) is 3.25. The minimum absolute atomic E-state index is 0.143. The van der Waals surface area contributed by atoms with Gasteiger partial charge in [-0.2, -0.15) is 13.2 Å². The number of rotatable bonds is 4. The molecule has 1 unspecified atom stereocenters. The Hall–Kier alpha value is -3.09. The highest BCUT2D eigenvalue weighted by molar-refractivity contribution is 5.95. The normalized spacial score (nSPS) is 17.3. The van der Waals surface area contributed by atoms with Crippen molar-refractivity contribution in [1.82, 2.24) is 4.90 Å². The van der Waals surface area contributed by atoms with Gasteiger partial charge in [0.2, 0.25) is 11.8 Å². The third kappa shape index (κ3) is 5.70. The average Bonchev–Trinajstić information content (AvgIpc) is 2.72. The van der Waals surface area contributed by atoms with E-state index in [0.29, 0.717) is 30.6 Å². The van der Waals surface area contributed by atoms with E-state index in [9.17, 15) is 22.8 Å². The number of piperidine rings is 1. The summed E-state index contributed by atoms with van der Waals surface area (Å²) in [5.74, 6) is -0.787. The zero-order chi connectivity index (χ0) is 20.9. The number of carbonyl (C=O) groups is 2. The lowest BCUT2D eigenvalue weighted by atomic mass is 9.97. The zero-order valence-corrected chi connectivity index (χ0v) is 15.7. The summed E-state index contributed by atoms with van der Waals surface area (Å²) in [7, 11) is 0. The number of anilines is 1. The number of amides is 2. The number of alkyl halides is 3. The summed E-state index contributed by atoms with van der Waals surface area (Å²) >= 11 is 0. The van der Waals surface area contributed by atoms with Crippen molar-refractivity contribution < 1.29 is 22.8 Å². The van der Waals surface area contributed by atoms with Crippen molar-refractivity contribution >= 4 is 23.6 Å². The molecule has 0 aromatic heterocycles. The standard InChI is InChI=1S/C22H21F3N2O2/c23-22(24,25)18-8-4-6-16(14-18)11-12-20(28)27-13-5-7-17(15-27)21(29)26-19-9-2-1-3-10-19/h1-4,6,8-12,14,17H,5,7,13,15H2,(H,26,29)/b12-11+. The van der Waals surface area contributed by atoms with Crippen LogP contribution in [0.1, 0.15) is 24.0 Å². The van der Waals surface area contributed by atoms with Gasteiger partial charge in [-0.1, -0.05) is 30.3 Å². The number of nitrogens with one attached hydrogen (secondary N) is 1. The van der Waals surface area contributed by atoms with Gasteiger partial charge in [0.25, 0.3) is 0 Å². The molecular formula is C22H21F3N2O2. The molecule has 1 aliphatic rings. The lowest BCUT2D eigenvalue weighted by molar-refractivity contribution is -0.137. The van der Waals surface area contributed by atoms with Gasteiger partial charge in [-0.15, -0.1) is 0 Å². The van der Waals surface area contributed by atoms with Gasteiger partial charge in [-0.05, 0) is 48.7 Å². The van der Waals surface area contributed by atoms with Crippen LogP contribution >= 0.6 is 0 Å². The van der Waals surface area contributed by atoms with Crippen molar-refractivity contribution in [2.24, 2.45) is 5.92 Å². The van der Waals surface area contributed by atoms with Gasteiger partial charge in [0.15, 0.2) is 0 Å². The van der Waals surface area contributed by atoms with E-state index < -0.39 is 11.7 Å². The Balaban J connectivity index is 1.61. The van der Waals surface area contributed by atoms with Gasteiger partial charge < -0.3 is 10.2 Å². The van der Waals surface area contributed by atoms with E-state index in [-0.39, 0.29) is 24.3 Å². The second-order valence-corrected chi connectivity index (χ2v) is 6.94. The first-order valence-corrected chi connectivity index (χ1v) is 9.33. The Morgan fingerprint density at radius 3 is 2.55 bits per heavy atom. The largest absolute Gasteiger partial charge is 0.416 e. The molecule has 1 heterocycles. The number of likely N-dealkylation sites (tertiary alicyclic amines) is 1. The summed E-state index contributed by atoms with van der Waals surface area (Å²) in [6, 6.07) is 13.9. The molecule has 1 atom stereocenters. The van der Waals surface area contributed by atoms with Crippen molar-refractivity contribution in [3.8, 4) is 0 Å². The summed E-state index contributed by atoms with van der Waals surface area (Å²) in [4.78, 5) is 26.5. The molecule has 0 aliphatic carbocycles. The maximum atomic E-state index is 12.8. The topological polar surface area (TPSA) is 49.4 Å². The lowest BCUT2D eigenvalue weighted by Crippen LogP contribution is -2.43. The van der Waals surface area contributed by atoms with Crippen LogP contribution in [0, 0.1) is 5.92 Å². The molecule has 152 valence electrons. The minimum atomic E-state index is -4.43. The molecule has 0 bridgehead atoms. The van der Waals surface area contributed by atoms with E-state index in [4.69, 9.17) is 0 Å². The number of carbonyl (C=O) groups excluding carboxylic acids is 2. The molecule has 2 aromatic carbocycles. The van der Waals surface area contributed by atoms with Gasteiger partial charge in [0.1, 0.15) is 0 Å². The first-order valence-electron chi connectivity index (χ1n) is 9.33. The molecule has 1 aliphatic heterocycles. The fraction of sp³-hybridized carbons (Fsp3) is 0.273. The molecule has 1 saturated heterocycles. The summed E-state index contributed by atoms with van der Waals surface area (Å²) in [5, 5.41) is 2.85. The number of hydrogen-bond donors (Lipinski definition) is 1. The second kappa shape index (κ2) is 8.94. The summed E-state index contributed by atoms with van der Waals surface area (Å²) < 4.78 is 38.4. The maximum absolute atomic E-state index is 12.8. The third-order valence-corrected chi connectivity index (χ3v) is 4.78. The van der Waals surface area contributed by atoms with E-state index in [1.807, 2.05) is 18.2 Å². The van der Waals surface area contributed by atoms with Crippen molar-refractivity contribution in [2.45, 2.75) is 19.0 Å². The quantitative estimate of drug-likeness (QED) is 0.760. The van der Waals surface area contributed by atoms with Gasteiger partial charge in [0.05, 0.1) is 11.5 Å². The van der Waals surface area contributed by atoms with Crippen molar-refractivity contribution in [1.29, 1.82) is 0 Å². The summed E-state index contributed by atoms with van der Waals surface area (Å²) in [5.41, 5.74) is 0.233. The molecule has 0 spiro atoms. The molecule has 4 nitrogen and oxygen atoms in total. The van der Waals surface area contributed by atoms with Gasteiger partial charge >= 0.3 is 6.18 Å². The molecule has 2 amide bonds. The van der Waals surface area contributed by atoms with Gasteiger partial charge in [0, 0.05) is 24.9 Å². The minimum Gasteiger partial charge on any atom is -0.338 e. The molecule has 3 rings (SSSR count). The van der Waals surface area contributed by atoms with Crippen LogP contribution in [0.4, 0.5) is 18.9 Å². The van der Waals surface area contributed by atoms with E-state index in [1.165, 1.54) is 24.3 Å². The van der Waals surface area contributed by atoms with Crippen LogP contribution in [0.15, 0.2) is 60.7 Å². The maximum Gasteiger partial charge on any atom is 0.416 e. The van der Waals surface area contributed by atoms with Crippen LogP contribution in [0.2, 0.25) is 0 Å². The lowest BCUT2D eigenvalue weighted by Gasteiger charge is -2.31. The molecule has 0 saturated carbocycles. The molecule has 0 radical (unpaired) electrons.